The Kier molecular flexibility index (Phi) is 2.09. The summed E-state index contributed by atoms with van der Waals surface area (Å²) < 4.78 is 0. The fourth-order valence-electron chi connectivity index (χ4n) is 0.583. The summed E-state index contributed by atoms with van der Waals surface area (Å²) in [5.41, 5.74) is 0. The summed E-state index contributed by atoms with van der Waals surface area (Å²) >= 11 is 0. The number of hydrogen-bond donors (Lipinski definition) is 3. The van der Waals surface area contributed by atoms with Gasteiger partial charge in [0.15, 0.2) is 5.82 Å². The molecular formula is C5H10N4O3. The van der Waals surface area contributed by atoms with Gasteiger partial charge in [-0.1, -0.05) is 18.6 Å². The summed E-state index contributed by atoms with van der Waals surface area (Å²) in [7, 11) is 0. The fourth-order valence-corrected chi connectivity index (χ4v) is 0.583. The smallest absolute Gasteiger partial charge is 0.323 e. The lowest BCUT2D eigenvalue weighted by atomic mass is 10.2. The average molecular weight is 174 g/mol. The second-order valence-corrected chi connectivity index (χ2v) is 2.69. The number of nitrogens with zero attached hydrogens (tertiary/aromatic N) is 4. The van der Waals surface area contributed by atoms with Gasteiger partial charge in [0, 0.05) is 5.92 Å². The quantitative estimate of drug-likeness (QED) is 0.463. The Balaban J connectivity index is 2.92. The summed E-state index contributed by atoms with van der Waals surface area (Å²) in [5.74, 6) is 0.345. The molecule has 1 rings (SSSR count). The number of aromatic nitrogens is 4. The van der Waals surface area contributed by atoms with Crippen LogP contribution < -0.4 is 0 Å². The molecule has 7 heteroatoms. The van der Waals surface area contributed by atoms with Crippen molar-refractivity contribution in [2.24, 2.45) is 0 Å². The van der Waals surface area contributed by atoms with Crippen LogP contribution in [0.2, 0.25) is 0 Å². The maximum absolute atomic E-state index is 8.59. The van der Waals surface area contributed by atoms with Gasteiger partial charge >= 0.3 is 6.10 Å². The lowest BCUT2D eigenvalue weighted by Crippen LogP contribution is -2.34. The monoisotopic (exact) mass is 174 g/mol. The molecule has 1 heterocycles. The molecule has 1 aromatic heterocycles. The molecule has 12 heavy (non-hydrogen) atoms. The SMILES string of the molecule is CC(C)c1nnn(C(O)(O)O)n1. The highest BCUT2D eigenvalue weighted by Crippen LogP contribution is 2.07. The van der Waals surface area contributed by atoms with E-state index in [-0.39, 0.29) is 5.92 Å². The van der Waals surface area contributed by atoms with Crippen LogP contribution in [0.4, 0.5) is 0 Å². The van der Waals surface area contributed by atoms with Crippen LogP contribution in [0.3, 0.4) is 0 Å². The Morgan fingerprint density at radius 3 is 2.17 bits per heavy atom. The van der Waals surface area contributed by atoms with Gasteiger partial charge in [-0.3, -0.25) is 0 Å². The maximum atomic E-state index is 8.59. The van der Waals surface area contributed by atoms with Crippen molar-refractivity contribution in [1.82, 2.24) is 20.2 Å². The van der Waals surface area contributed by atoms with E-state index in [4.69, 9.17) is 15.3 Å². The van der Waals surface area contributed by atoms with E-state index in [0.29, 0.717) is 10.6 Å². The van der Waals surface area contributed by atoms with Crippen LogP contribution in [-0.2, 0) is 6.10 Å². The third-order valence-corrected chi connectivity index (χ3v) is 1.21. The van der Waals surface area contributed by atoms with E-state index < -0.39 is 6.10 Å². The highest BCUT2D eigenvalue weighted by Gasteiger charge is 2.25. The van der Waals surface area contributed by atoms with E-state index in [1.807, 2.05) is 13.8 Å². The highest BCUT2D eigenvalue weighted by atomic mass is 16.7. The van der Waals surface area contributed by atoms with Crippen LogP contribution >= 0.6 is 0 Å². The topological polar surface area (TPSA) is 104 Å². The fraction of sp³-hybridized carbons (Fsp3) is 0.800. The Bertz CT molecular complexity index is 264. The molecule has 0 spiro atoms. The van der Waals surface area contributed by atoms with E-state index in [2.05, 4.69) is 15.4 Å². The summed E-state index contributed by atoms with van der Waals surface area (Å²) in [6, 6.07) is 0. The second kappa shape index (κ2) is 2.77. The van der Waals surface area contributed by atoms with E-state index in [0.717, 1.165) is 0 Å². The molecular weight excluding hydrogens is 164 g/mol. The Morgan fingerprint density at radius 1 is 1.33 bits per heavy atom. The summed E-state index contributed by atoms with van der Waals surface area (Å²) in [5, 5.41) is 36.0. The molecule has 0 aliphatic rings. The van der Waals surface area contributed by atoms with Crippen LogP contribution in [0.15, 0.2) is 0 Å². The molecule has 68 valence electrons. The molecule has 0 unspecified atom stereocenters. The van der Waals surface area contributed by atoms with Crippen molar-refractivity contribution in [2.45, 2.75) is 25.9 Å². The molecule has 0 aliphatic carbocycles. The third kappa shape index (κ3) is 1.76. The molecule has 0 amide bonds. The largest absolute Gasteiger partial charge is 0.407 e. The molecule has 3 N–H and O–H groups in total. The Labute approximate surface area is 68.3 Å². The predicted octanol–water partition coefficient (Wildman–Crippen LogP) is -1.66. The standard InChI is InChI=1S/C5H10N4O3/c1-3(2)4-6-8-9(7-4)5(10,11)12/h3,10-12H,1-2H3. The summed E-state index contributed by atoms with van der Waals surface area (Å²) in [4.78, 5) is 0.322. The highest BCUT2D eigenvalue weighted by molar-refractivity contribution is 4.84. The van der Waals surface area contributed by atoms with Crippen molar-refractivity contribution in [2.75, 3.05) is 0 Å². The molecule has 0 saturated carbocycles. The minimum atomic E-state index is -3.07. The lowest BCUT2D eigenvalue weighted by molar-refractivity contribution is -0.387. The molecule has 7 nitrogen and oxygen atoms in total. The van der Waals surface area contributed by atoms with E-state index in [1.54, 1.807) is 0 Å². The van der Waals surface area contributed by atoms with Crippen LogP contribution in [0.1, 0.15) is 25.6 Å². The zero-order valence-electron chi connectivity index (χ0n) is 6.71. The second-order valence-electron chi connectivity index (χ2n) is 2.69. The zero-order chi connectivity index (χ0) is 9.35. The third-order valence-electron chi connectivity index (χ3n) is 1.21. The number of aliphatic hydroxyl groups is 3. The van der Waals surface area contributed by atoms with E-state index >= 15 is 0 Å². The normalized spacial score (nSPS) is 12.5. The van der Waals surface area contributed by atoms with Crippen LogP contribution in [0.5, 0.6) is 0 Å². The molecule has 0 aromatic carbocycles. The number of tetrazole rings is 1. The summed E-state index contributed by atoms with van der Waals surface area (Å²) in [6.45, 7) is 3.63. The van der Waals surface area contributed by atoms with Crippen molar-refractivity contribution >= 4 is 0 Å². The first kappa shape index (κ1) is 9.04. The van der Waals surface area contributed by atoms with Gasteiger partial charge in [0.1, 0.15) is 0 Å². The van der Waals surface area contributed by atoms with Crippen LogP contribution in [0.25, 0.3) is 0 Å². The van der Waals surface area contributed by atoms with E-state index in [1.165, 1.54) is 0 Å². The first-order valence-corrected chi connectivity index (χ1v) is 3.39. The van der Waals surface area contributed by atoms with Crippen molar-refractivity contribution in [1.29, 1.82) is 0 Å². The molecule has 0 bridgehead atoms. The maximum Gasteiger partial charge on any atom is 0.407 e. The van der Waals surface area contributed by atoms with Crippen LogP contribution in [-0.4, -0.2) is 35.5 Å². The van der Waals surface area contributed by atoms with Crippen molar-refractivity contribution in [3.8, 4) is 0 Å². The number of rotatable bonds is 2. The minimum Gasteiger partial charge on any atom is -0.323 e. The van der Waals surface area contributed by atoms with Crippen molar-refractivity contribution < 1.29 is 15.3 Å². The molecule has 0 saturated heterocycles. The van der Waals surface area contributed by atoms with Gasteiger partial charge in [0.2, 0.25) is 0 Å². The minimum absolute atomic E-state index is 0.0149. The average Bonchev–Trinajstić information content (AvgIpc) is 2.30. The lowest BCUT2D eigenvalue weighted by Gasteiger charge is -2.09. The van der Waals surface area contributed by atoms with Gasteiger partial charge in [-0.25, -0.2) is 0 Å². The van der Waals surface area contributed by atoms with Crippen molar-refractivity contribution in [3.05, 3.63) is 5.82 Å². The van der Waals surface area contributed by atoms with Gasteiger partial charge in [0.05, 0.1) is 0 Å². The first-order valence-electron chi connectivity index (χ1n) is 3.39. The van der Waals surface area contributed by atoms with Gasteiger partial charge in [-0.15, -0.1) is 10.2 Å². The molecule has 0 atom stereocenters. The molecule has 1 aromatic rings. The van der Waals surface area contributed by atoms with Gasteiger partial charge in [-0.05, 0) is 5.21 Å². The predicted molar refractivity (Wildman–Crippen MR) is 36.5 cm³/mol. The molecule has 0 aliphatic heterocycles. The van der Waals surface area contributed by atoms with E-state index in [9.17, 15) is 0 Å². The van der Waals surface area contributed by atoms with Gasteiger partial charge < -0.3 is 15.3 Å². The van der Waals surface area contributed by atoms with Gasteiger partial charge in [0.25, 0.3) is 0 Å². The van der Waals surface area contributed by atoms with Gasteiger partial charge in [-0.2, -0.15) is 0 Å². The Morgan fingerprint density at radius 2 is 1.92 bits per heavy atom. The van der Waals surface area contributed by atoms with Crippen molar-refractivity contribution in [3.63, 3.8) is 0 Å². The first-order chi connectivity index (χ1) is 5.41. The molecule has 0 fully saturated rings. The van der Waals surface area contributed by atoms with Crippen LogP contribution in [0, 0.1) is 0 Å². The molecule has 0 radical (unpaired) electrons. The number of hydrogen-bond acceptors (Lipinski definition) is 6. The Hall–Kier alpha value is -1.05. The summed E-state index contributed by atoms with van der Waals surface area (Å²) in [6.07, 6.45) is -3.07. The zero-order valence-corrected chi connectivity index (χ0v) is 6.71.